The summed E-state index contributed by atoms with van der Waals surface area (Å²) in [5.41, 5.74) is 1.47. The third-order valence-corrected chi connectivity index (χ3v) is 6.01. The van der Waals surface area contributed by atoms with E-state index in [1.54, 1.807) is 18.5 Å². The summed E-state index contributed by atoms with van der Waals surface area (Å²) in [6.45, 7) is 6.41. The molecule has 0 bridgehead atoms. The molecule has 0 aliphatic heterocycles. The molecule has 0 unspecified atom stereocenters. The number of pyridine rings is 1. The fourth-order valence-electron chi connectivity index (χ4n) is 2.65. The quantitative estimate of drug-likeness (QED) is 0.341. The van der Waals surface area contributed by atoms with Gasteiger partial charge in [0.25, 0.3) is 5.56 Å². The number of thioether (sulfide) groups is 1. The van der Waals surface area contributed by atoms with Crippen LogP contribution in [-0.4, -0.2) is 34.3 Å². The molecule has 0 saturated heterocycles. The molecule has 0 saturated carbocycles. The Morgan fingerprint density at radius 1 is 1.29 bits per heavy atom. The van der Waals surface area contributed by atoms with Crippen LogP contribution in [-0.2, 0) is 18.7 Å². The van der Waals surface area contributed by atoms with Gasteiger partial charge in [-0.25, -0.2) is 4.98 Å². The lowest BCUT2D eigenvalue weighted by molar-refractivity contribution is 0.730. The molecule has 8 nitrogen and oxygen atoms in total. The Hall–Kier alpha value is -2.85. The highest BCUT2D eigenvalue weighted by molar-refractivity contribution is 7.98. The topological polar surface area (TPSA) is 90.9 Å². The van der Waals surface area contributed by atoms with E-state index in [-0.39, 0.29) is 5.56 Å². The van der Waals surface area contributed by atoms with Crippen molar-refractivity contribution in [1.29, 1.82) is 0 Å². The molecule has 0 amide bonds. The van der Waals surface area contributed by atoms with Crippen molar-refractivity contribution in [3.05, 3.63) is 64.3 Å². The van der Waals surface area contributed by atoms with Crippen LogP contribution >= 0.6 is 23.1 Å². The molecule has 4 aromatic heterocycles. The number of rotatable bonds is 7. The van der Waals surface area contributed by atoms with Crippen LogP contribution in [0.2, 0.25) is 0 Å². The first-order valence-electron chi connectivity index (χ1n) is 8.65. The standard InChI is InChI=1S/C18H17N7OS2/c1-3-9-24-16(12-5-7-19-8-6-12)21-22-18(24)27-11-13-10-15(26)25-17(20-13)28-14(4-2)23-25/h3,5-8,10H,1,4,9,11H2,2H3. The molecule has 0 N–H and O–H groups in total. The second-order valence-corrected chi connectivity index (χ2v) is 7.84. The summed E-state index contributed by atoms with van der Waals surface area (Å²) in [6.07, 6.45) is 6.03. The molecule has 142 valence electrons. The number of hydrogen-bond acceptors (Lipinski definition) is 8. The highest BCUT2D eigenvalue weighted by Crippen LogP contribution is 2.26. The number of aromatic nitrogens is 7. The van der Waals surface area contributed by atoms with Crippen molar-refractivity contribution >= 4 is 28.1 Å². The van der Waals surface area contributed by atoms with Gasteiger partial charge in [-0.05, 0) is 18.6 Å². The van der Waals surface area contributed by atoms with E-state index in [2.05, 4.69) is 31.8 Å². The summed E-state index contributed by atoms with van der Waals surface area (Å²) >= 11 is 2.92. The van der Waals surface area contributed by atoms with Crippen molar-refractivity contribution in [2.24, 2.45) is 0 Å². The second-order valence-electron chi connectivity index (χ2n) is 5.86. The van der Waals surface area contributed by atoms with E-state index >= 15 is 0 Å². The van der Waals surface area contributed by atoms with E-state index in [9.17, 15) is 4.79 Å². The molecule has 4 rings (SSSR count). The third-order valence-electron chi connectivity index (χ3n) is 3.96. The largest absolute Gasteiger partial charge is 0.298 e. The highest BCUT2D eigenvalue weighted by atomic mass is 32.2. The Balaban J connectivity index is 1.61. The minimum Gasteiger partial charge on any atom is -0.298 e. The number of allylic oxidation sites excluding steroid dienone is 1. The maximum Gasteiger partial charge on any atom is 0.275 e. The molecule has 10 heteroatoms. The predicted molar refractivity (Wildman–Crippen MR) is 110 cm³/mol. The Bertz CT molecular complexity index is 1180. The Morgan fingerprint density at radius 3 is 2.86 bits per heavy atom. The first-order valence-corrected chi connectivity index (χ1v) is 10.5. The molecule has 0 fully saturated rings. The molecule has 0 radical (unpaired) electrons. The van der Waals surface area contributed by atoms with Crippen molar-refractivity contribution < 1.29 is 0 Å². The molecule has 4 aromatic rings. The average Bonchev–Trinajstić information content (AvgIpc) is 3.31. The van der Waals surface area contributed by atoms with Gasteiger partial charge in [0.15, 0.2) is 11.0 Å². The van der Waals surface area contributed by atoms with E-state index < -0.39 is 0 Å². The normalized spacial score (nSPS) is 11.2. The van der Waals surface area contributed by atoms with Crippen molar-refractivity contribution in [3.63, 3.8) is 0 Å². The number of aryl methyl sites for hydroxylation is 1. The fraction of sp³-hybridized carbons (Fsp3) is 0.222. The lowest BCUT2D eigenvalue weighted by atomic mass is 10.2. The average molecular weight is 412 g/mol. The lowest BCUT2D eigenvalue weighted by Crippen LogP contribution is -2.15. The van der Waals surface area contributed by atoms with Gasteiger partial charge in [-0.1, -0.05) is 36.1 Å². The minimum atomic E-state index is -0.165. The SMILES string of the molecule is C=CCn1c(SCc2cc(=O)n3nc(CC)sc3n2)nnc1-c1ccncc1. The van der Waals surface area contributed by atoms with Crippen LogP contribution in [0.5, 0.6) is 0 Å². The zero-order valence-electron chi connectivity index (χ0n) is 15.1. The Morgan fingerprint density at radius 2 is 2.11 bits per heavy atom. The van der Waals surface area contributed by atoms with Crippen LogP contribution in [0.25, 0.3) is 16.3 Å². The van der Waals surface area contributed by atoms with Gasteiger partial charge in [0.05, 0.1) is 5.69 Å². The van der Waals surface area contributed by atoms with Gasteiger partial charge in [0.2, 0.25) is 4.96 Å². The van der Waals surface area contributed by atoms with Gasteiger partial charge in [0, 0.05) is 36.3 Å². The molecule has 0 aliphatic carbocycles. The summed E-state index contributed by atoms with van der Waals surface area (Å²) in [7, 11) is 0. The van der Waals surface area contributed by atoms with Crippen molar-refractivity contribution in [1.82, 2.24) is 34.3 Å². The minimum absolute atomic E-state index is 0.165. The molecule has 28 heavy (non-hydrogen) atoms. The third kappa shape index (κ3) is 3.60. The maximum atomic E-state index is 12.3. The van der Waals surface area contributed by atoms with Gasteiger partial charge >= 0.3 is 0 Å². The molecule has 0 aliphatic rings. The highest BCUT2D eigenvalue weighted by Gasteiger charge is 2.15. The van der Waals surface area contributed by atoms with Gasteiger partial charge in [0.1, 0.15) is 5.01 Å². The van der Waals surface area contributed by atoms with Gasteiger partial charge in [-0.2, -0.15) is 9.61 Å². The molecular formula is C18H17N7OS2. The zero-order valence-corrected chi connectivity index (χ0v) is 16.8. The summed E-state index contributed by atoms with van der Waals surface area (Å²) in [5, 5.41) is 14.5. The summed E-state index contributed by atoms with van der Waals surface area (Å²) in [4.78, 5) is 21.5. The van der Waals surface area contributed by atoms with Crippen LogP contribution in [0.1, 0.15) is 17.6 Å². The predicted octanol–water partition coefficient (Wildman–Crippen LogP) is 2.85. The second kappa shape index (κ2) is 8.03. The molecule has 0 atom stereocenters. The zero-order chi connectivity index (χ0) is 19.5. The van der Waals surface area contributed by atoms with Gasteiger partial charge < -0.3 is 0 Å². The Kier molecular flexibility index (Phi) is 5.31. The van der Waals surface area contributed by atoms with E-state index in [1.807, 2.05) is 23.6 Å². The van der Waals surface area contributed by atoms with Crippen LogP contribution in [0.3, 0.4) is 0 Å². The number of hydrogen-bond donors (Lipinski definition) is 0. The van der Waals surface area contributed by atoms with E-state index in [0.717, 1.165) is 28.0 Å². The van der Waals surface area contributed by atoms with Gasteiger partial charge in [-0.3, -0.25) is 14.3 Å². The van der Waals surface area contributed by atoms with Crippen molar-refractivity contribution in [3.8, 4) is 11.4 Å². The summed E-state index contributed by atoms with van der Waals surface area (Å²) < 4.78 is 3.35. The molecule has 4 heterocycles. The smallest absolute Gasteiger partial charge is 0.275 e. The fourth-order valence-corrected chi connectivity index (χ4v) is 4.35. The van der Waals surface area contributed by atoms with Gasteiger partial charge in [-0.15, -0.1) is 16.8 Å². The maximum absolute atomic E-state index is 12.3. The van der Waals surface area contributed by atoms with E-state index in [0.29, 0.717) is 23.0 Å². The molecule has 0 spiro atoms. The van der Waals surface area contributed by atoms with E-state index in [1.165, 1.54) is 33.7 Å². The number of fused-ring (bicyclic) bond motifs is 1. The van der Waals surface area contributed by atoms with Crippen LogP contribution < -0.4 is 5.56 Å². The van der Waals surface area contributed by atoms with Crippen molar-refractivity contribution in [2.45, 2.75) is 30.8 Å². The summed E-state index contributed by atoms with van der Waals surface area (Å²) in [6, 6.07) is 5.31. The monoisotopic (exact) mass is 411 g/mol. The van der Waals surface area contributed by atoms with Crippen LogP contribution in [0.4, 0.5) is 0 Å². The number of nitrogens with zero attached hydrogens (tertiary/aromatic N) is 7. The first kappa shape index (κ1) is 18.5. The van der Waals surface area contributed by atoms with Crippen LogP contribution in [0.15, 0.2) is 53.2 Å². The molecular weight excluding hydrogens is 394 g/mol. The van der Waals surface area contributed by atoms with Crippen LogP contribution in [0, 0.1) is 0 Å². The first-order chi connectivity index (χ1) is 13.7. The lowest BCUT2D eigenvalue weighted by Gasteiger charge is -2.07. The van der Waals surface area contributed by atoms with E-state index in [4.69, 9.17) is 0 Å². The van der Waals surface area contributed by atoms with Crippen molar-refractivity contribution in [2.75, 3.05) is 0 Å². The Labute approximate surface area is 169 Å². The molecule has 0 aromatic carbocycles. The summed E-state index contributed by atoms with van der Waals surface area (Å²) in [5.74, 6) is 1.26.